The molecule has 1 heterocycles. The molecule has 2 aromatic rings. The van der Waals surface area contributed by atoms with Gasteiger partial charge in [0, 0.05) is 16.2 Å². The summed E-state index contributed by atoms with van der Waals surface area (Å²) in [5, 5.41) is 12.4. The molecule has 1 aromatic carbocycles. The standard InChI is InChI=1S/C15H15BrN2O2/c1-2-14(18-19)13-5-3-4-6-15(13)20-10-12-8-7-11(16)9-17-12/h3-9,19H,2,10H2,1H3/b18-14-. The Bertz CT molecular complexity index is 597. The molecule has 0 saturated heterocycles. The molecular formula is C15H15BrN2O2. The highest BCUT2D eigenvalue weighted by atomic mass is 79.9. The van der Waals surface area contributed by atoms with Crippen LogP contribution in [0.15, 0.2) is 52.2 Å². The number of benzene rings is 1. The molecule has 0 aliphatic heterocycles. The largest absolute Gasteiger partial charge is 0.487 e. The van der Waals surface area contributed by atoms with E-state index in [0.29, 0.717) is 24.5 Å². The molecule has 104 valence electrons. The number of nitrogens with zero attached hydrogens (tertiary/aromatic N) is 2. The maximum absolute atomic E-state index is 9.03. The van der Waals surface area contributed by atoms with Gasteiger partial charge in [0.15, 0.2) is 0 Å². The molecule has 0 aliphatic carbocycles. The van der Waals surface area contributed by atoms with Gasteiger partial charge >= 0.3 is 0 Å². The number of aromatic nitrogens is 1. The number of halogens is 1. The summed E-state index contributed by atoms with van der Waals surface area (Å²) in [6.07, 6.45) is 2.37. The van der Waals surface area contributed by atoms with E-state index < -0.39 is 0 Å². The molecule has 0 radical (unpaired) electrons. The summed E-state index contributed by atoms with van der Waals surface area (Å²) in [4.78, 5) is 4.26. The van der Waals surface area contributed by atoms with Crippen LogP contribution in [0.5, 0.6) is 5.75 Å². The third-order valence-corrected chi connectivity index (χ3v) is 3.29. The van der Waals surface area contributed by atoms with Gasteiger partial charge in [0.05, 0.1) is 11.4 Å². The van der Waals surface area contributed by atoms with Gasteiger partial charge in [-0.15, -0.1) is 0 Å². The fraction of sp³-hybridized carbons (Fsp3) is 0.200. The van der Waals surface area contributed by atoms with Crippen LogP contribution < -0.4 is 4.74 Å². The summed E-state index contributed by atoms with van der Waals surface area (Å²) >= 11 is 3.34. The van der Waals surface area contributed by atoms with Crippen LogP contribution in [0, 0.1) is 0 Å². The number of hydrogen-bond donors (Lipinski definition) is 1. The average molecular weight is 335 g/mol. The Kier molecular flexibility index (Phi) is 5.12. The Morgan fingerprint density at radius 3 is 2.75 bits per heavy atom. The van der Waals surface area contributed by atoms with Crippen molar-refractivity contribution in [1.29, 1.82) is 0 Å². The van der Waals surface area contributed by atoms with Gasteiger partial charge in [-0.1, -0.05) is 24.2 Å². The molecule has 0 unspecified atom stereocenters. The summed E-state index contributed by atoms with van der Waals surface area (Å²) in [7, 11) is 0. The van der Waals surface area contributed by atoms with Crippen molar-refractivity contribution in [3.05, 3.63) is 58.3 Å². The summed E-state index contributed by atoms with van der Waals surface area (Å²) in [6.45, 7) is 2.30. The molecule has 20 heavy (non-hydrogen) atoms. The number of ether oxygens (including phenoxy) is 1. The maximum atomic E-state index is 9.03. The van der Waals surface area contributed by atoms with E-state index in [-0.39, 0.29) is 0 Å². The summed E-state index contributed by atoms with van der Waals surface area (Å²) in [6, 6.07) is 11.3. The molecule has 1 N–H and O–H groups in total. The lowest BCUT2D eigenvalue weighted by Gasteiger charge is -2.11. The van der Waals surface area contributed by atoms with Gasteiger partial charge in [-0.25, -0.2) is 0 Å². The van der Waals surface area contributed by atoms with Crippen LogP contribution in [0.2, 0.25) is 0 Å². The van der Waals surface area contributed by atoms with Crippen LogP contribution in [-0.2, 0) is 6.61 Å². The van der Waals surface area contributed by atoms with Crippen molar-refractivity contribution in [3.8, 4) is 5.75 Å². The highest BCUT2D eigenvalue weighted by molar-refractivity contribution is 9.10. The first kappa shape index (κ1) is 14.5. The van der Waals surface area contributed by atoms with E-state index in [2.05, 4.69) is 26.1 Å². The van der Waals surface area contributed by atoms with E-state index in [9.17, 15) is 0 Å². The second-order valence-electron chi connectivity index (χ2n) is 4.15. The Morgan fingerprint density at radius 1 is 1.30 bits per heavy atom. The maximum Gasteiger partial charge on any atom is 0.130 e. The molecule has 0 fully saturated rings. The van der Waals surface area contributed by atoms with Gasteiger partial charge in [0.2, 0.25) is 0 Å². The monoisotopic (exact) mass is 334 g/mol. The lowest BCUT2D eigenvalue weighted by Crippen LogP contribution is -2.05. The fourth-order valence-electron chi connectivity index (χ4n) is 1.79. The van der Waals surface area contributed by atoms with E-state index >= 15 is 0 Å². The molecule has 0 amide bonds. The first-order chi connectivity index (χ1) is 9.74. The van der Waals surface area contributed by atoms with Crippen LogP contribution in [0.1, 0.15) is 24.6 Å². The van der Waals surface area contributed by atoms with E-state index in [4.69, 9.17) is 9.94 Å². The average Bonchev–Trinajstić information content (AvgIpc) is 2.49. The molecule has 0 aliphatic rings. The van der Waals surface area contributed by atoms with Crippen molar-refractivity contribution >= 4 is 21.6 Å². The van der Waals surface area contributed by atoms with Gasteiger partial charge in [0.1, 0.15) is 12.4 Å². The van der Waals surface area contributed by atoms with Crippen molar-refractivity contribution < 1.29 is 9.94 Å². The zero-order valence-corrected chi connectivity index (χ0v) is 12.7. The normalized spacial score (nSPS) is 11.4. The Labute approximate surface area is 126 Å². The number of oxime groups is 1. The third-order valence-electron chi connectivity index (χ3n) is 2.82. The highest BCUT2D eigenvalue weighted by Crippen LogP contribution is 2.21. The number of hydrogen-bond acceptors (Lipinski definition) is 4. The third kappa shape index (κ3) is 3.57. The summed E-state index contributed by atoms with van der Waals surface area (Å²) < 4.78 is 6.71. The van der Waals surface area contributed by atoms with Gasteiger partial charge in [0.25, 0.3) is 0 Å². The van der Waals surface area contributed by atoms with Crippen LogP contribution in [0.3, 0.4) is 0 Å². The quantitative estimate of drug-likeness (QED) is 0.510. The van der Waals surface area contributed by atoms with Gasteiger partial charge in [-0.2, -0.15) is 0 Å². The van der Waals surface area contributed by atoms with Crippen LogP contribution >= 0.6 is 15.9 Å². The van der Waals surface area contributed by atoms with Crippen LogP contribution in [0.25, 0.3) is 0 Å². The lowest BCUT2D eigenvalue weighted by atomic mass is 10.1. The Hall–Kier alpha value is -1.88. The summed E-state index contributed by atoms with van der Waals surface area (Å²) in [5.41, 5.74) is 2.24. The minimum atomic E-state index is 0.368. The predicted molar refractivity (Wildman–Crippen MR) is 81.3 cm³/mol. The molecular weight excluding hydrogens is 320 g/mol. The zero-order chi connectivity index (χ0) is 14.4. The SMILES string of the molecule is CC/C(=N/O)c1ccccc1OCc1ccc(Br)cn1. The first-order valence-electron chi connectivity index (χ1n) is 6.28. The number of para-hydroxylation sites is 1. The predicted octanol–water partition coefficient (Wildman–Crippen LogP) is 4.01. The minimum Gasteiger partial charge on any atom is -0.487 e. The van der Waals surface area contributed by atoms with E-state index in [1.807, 2.05) is 43.3 Å². The van der Waals surface area contributed by atoms with Gasteiger partial charge in [-0.3, -0.25) is 4.98 Å². The van der Waals surface area contributed by atoms with Crippen molar-refractivity contribution in [2.24, 2.45) is 5.16 Å². The highest BCUT2D eigenvalue weighted by Gasteiger charge is 2.09. The molecule has 2 rings (SSSR count). The van der Waals surface area contributed by atoms with E-state index in [1.54, 1.807) is 6.20 Å². The molecule has 0 atom stereocenters. The second kappa shape index (κ2) is 7.05. The molecule has 0 spiro atoms. The Balaban J connectivity index is 2.15. The molecule has 4 nitrogen and oxygen atoms in total. The van der Waals surface area contributed by atoms with Crippen LogP contribution in [0.4, 0.5) is 0 Å². The molecule has 0 saturated carbocycles. The van der Waals surface area contributed by atoms with E-state index in [1.165, 1.54) is 0 Å². The van der Waals surface area contributed by atoms with Crippen LogP contribution in [-0.4, -0.2) is 15.9 Å². The lowest BCUT2D eigenvalue weighted by molar-refractivity contribution is 0.299. The minimum absolute atomic E-state index is 0.368. The molecule has 5 heteroatoms. The van der Waals surface area contributed by atoms with Crippen molar-refractivity contribution in [2.75, 3.05) is 0 Å². The fourth-order valence-corrected chi connectivity index (χ4v) is 2.02. The van der Waals surface area contributed by atoms with Gasteiger partial charge < -0.3 is 9.94 Å². The smallest absolute Gasteiger partial charge is 0.130 e. The first-order valence-corrected chi connectivity index (χ1v) is 7.07. The number of rotatable bonds is 5. The van der Waals surface area contributed by atoms with Crippen molar-refractivity contribution in [2.45, 2.75) is 20.0 Å². The zero-order valence-electron chi connectivity index (χ0n) is 11.1. The second-order valence-corrected chi connectivity index (χ2v) is 5.07. The Morgan fingerprint density at radius 2 is 2.10 bits per heavy atom. The molecule has 0 bridgehead atoms. The number of pyridine rings is 1. The van der Waals surface area contributed by atoms with Crippen molar-refractivity contribution in [1.82, 2.24) is 4.98 Å². The van der Waals surface area contributed by atoms with Gasteiger partial charge in [-0.05, 0) is 46.6 Å². The summed E-state index contributed by atoms with van der Waals surface area (Å²) in [5.74, 6) is 0.687. The topological polar surface area (TPSA) is 54.7 Å². The van der Waals surface area contributed by atoms with E-state index in [0.717, 1.165) is 15.7 Å². The van der Waals surface area contributed by atoms with Crippen molar-refractivity contribution in [3.63, 3.8) is 0 Å². The molecule has 1 aromatic heterocycles.